The molecule has 1 aliphatic carbocycles. The molecule has 3 atom stereocenters. The summed E-state index contributed by atoms with van der Waals surface area (Å²) in [6.45, 7) is 2.33. The van der Waals surface area contributed by atoms with E-state index in [9.17, 15) is 0 Å². The molecule has 3 heteroatoms. The third-order valence-corrected chi connectivity index (χ3v) is 4.40. The zero-order chi connectivity index (χ0) is 13.0. The number of hydrogen-bond acceptors (Lipinski definition) is 3. The lowest BCUT2D eigenvalue weighted by molar-refractivity contribution is -0.0775. The van der Waals surface area contributed by atoms with E-state index in [1.165, 1.54) is 18.4 Å². The standard InChI is InChI=1S/C15H25NO2/c1-12-5-4-7-15(10-12,17-3)14(16-2)9-13-6-8-18-11-13/h6,8,11-12,14,16H,4-5,7,9-10H2,1-3H3. The van der Waals surface area contributed by atoms with Gasteiger partial charge in [0.1, 0.15) is 0 Å². The Kier molecular flexibility index (Phi) is 4.46. The summed E-state index contributed by atoms with van der Waals surface area (Å²) in [5, 5.41) is 3.46. The number of hydrogen-bond donors (Lipinski definition) is 1. The number of nitrogens with one attached hydrogen (secondary N) is 1. The predicted molar refractivity (Wildman–Crippen MR) is 72.6 cm³/mol. The fourth-order valence-electron chi connectivity index (χ4n) is 3.38. The molecule has 0 saturated heterocycles. The van der Waals surface area contributed by atoms with Crippen LogP contribution in [0.4, 0.5) is 0 Å². The van der Waals surface area contributed by atoms with Gasteiger partial charge in [-0.2, -0.15) is 0 Å². The van der Waals surface area contributed by atoms with Gasteiger partial charge < -0.3 is 14.5 Å². The second kappa shape index (κ2) is 5.89. The number of rotatable bonds is 5. The minimum Gasteiger partial charge on any atom is -0.472 e. The van der Waals surface area contributed by atoms with Gasteiger partial charge in [0, 0.05) is 13.2 Å². The molecule has 0 amide bonds. The first-order chi connectivity index (χ1) is 8.70. The van der Waals surface area contributed by atoms with E-state index in [4.69, 9.17) is 9.15 Å². The zero-order valence-electron chi connectivity index (χ0n) is 11.7. The van der Waals surface area contributed by atoms with E-state index < -0.39 is 0 Å². The molecule has 2 rings (SSSR count). The lowest BCUT2D eigenvalue weighted by Gasteiger charge is -2.44. The van der Waals surface area contributed by atoms with E-state index in [2.05, 4.69) is 12.2 Å². The molecule has 3 unspecified atom stereocenters. The van der Waals surface area contributed by atoms with Gasteiger partial charge in [0.05, 0.1) is 18.1 Å². The number of methoxy groups -OCH3 is 1. The highest BCUT2D eigenvalue weighted by Gasteiger charge is 2.41. The van der Waals surface area contributed by atoms with Crippen LogP contribution in [0.3, 0.4) is 0 Å². The van der Waals surface area contributed by atoms with Crippen LogP contribution in [0.5, 0.6) is 0 Å². The fourth-order valence-corrected chi connectivity index (χ4v) is 3.38. The molecule has 1 N–H and O–H groups in total. The monoisotopic (exact) mass is 251 g/mol. The summed E-state index contributed by atoms with van der Waals surface area (Å²) in [7, 11) is 3.89. The van der Waals surface area contributed by atoms with E-state index >= 15 is 0 Å². The molecule has 0 spiro atoms. The van der Waals surface area contributed by atoms with Crippen LogP contribution in [-0.4, -0.2) is 25.8 Å². The summed E-state index contributed by atoms with van der Waals surface area (Å²) < 4.78 is 11.1. The molecule has 0 aromatic carbocycles. The van der Waals surface area contributed by atoms with Gasteiger partial charge in [-0.1, -0.05) is 19.8 Å². The maximum absolute atomic E-state index is 5.96. The van der Waals surface area contributed by atoms with Crippen molar-refractivity contribution in [2.45, 2.75) is 50.7 Å². The normalized spacial score (nSPS) is 30.3. The molecule has 0 radical (unpaired) electrons. The summed E-state index contributed by atoms with van der Waals surface area (Å²) in [5.74, 6) is 0.749. The van der Waals surface area contributed by atoms with Gasteiger partial charge in [-0.3, -0.25) is 0 Å². The third kappa shape index (κ3) is 2.78. The number of likely N-dealkylation sites (N-methyl/N-ethyl adjacent to an activating group) is 1. The van der Waals surface area contributed by atoms with Crippen molar-refractivity contribution < 1.29 is 9.15 Å². The minimum atomic E-state index is -0.0241. The summed E-state index contributed by atoms with van der Waals surface area (Å²) in [5.41, 5.74) is 1.22. The highest BCUT2D eigenvalue weighted by atomic mass is 16.5. The maximum atomic E-state index is 5.96. The van der Waals surface area contributed by atoms with E-state index in [0.717, 1.165) is 25.2 Å². The first-order valence-electron chi connectivity index (χ1n) is 6.93. The highest BCUT2D eigenvalue weighted by Crippen LogP contribution is 2.38. The van der Waals surface area contributed by atoms with Crippen LogP contribution in [0.1, 0.15) is 38.2 Å². The van der Waals surface area contributed by atoms with Gasteiger partial charge in [-0.05, 0) is 43.9 Å². The van der Waals surface area contributed by atoms with Crippen molar-refractivity contribution in [1.29, 1.82) is 0 Å². The lowest BCUT2D eigenvalue weighted by atomic mass is 9.73. The van der Waals surface area contributed by atoms with E-state index in [0.29, 0.717) is 6.04 Å². The molecule has 0 aliphatic heterocycles. The molecule has 102 valence electrons. The second-order valence-corrected chi connectivity index (χ2v) is 5.65. The molecule has 3 nitrogen and oxygen atoms in total. The molecule has 1 aromatic rings. The Labute approximate surface area is 110 Å². The van der Waals surface area contributed by atoms with Gasteiger partial charge in [-0.15, -0.1) is 0 Å². The summed E-state index contributed by atoms with van der Waals surface area (Å²) >= 11 is 0. The van der Waals surface area contributed by atoms with E-state index in [1.54, 1.807) is 6.26 Å². The Bertz CT molecular complexity index is 349. The smallest absolute Gasteiger partial charge is 0.0935 e. The zero-order valence-corrected chi connectivity index (χ0v) is 11.7. The topological polar surface area (TPSA) is 34.4 Å². The molecule has 1 heterocycles. The molecule has 1 aliphatic rings. The Hall–Kier alpha value is -0.800. The molecular weight excluding hydrogens is 226 g/mol. The largest absolute Gasteiger partial charge is 0.472 e. The van der Waals surface area contributed by atoms with Crippen LogP contribution >= 0.6 is 0 Å². The van der Waals surface area contributed by atoms with Gasteiger partial charge in [-0.25, -0.2) is 0 Å². The van der Waals surface area contributed by atoms with Gasteiger partial charge >= 0.3 is 0 Å². The first-order valence-corrected chi connectivity index (χ1v) is 6.93. The van der Waals surface area contributed by atoms with E-state index in [1.807, 2.05) is 26.5 Å². The molecule has 1 saturated carbocycles. The van der Waals surface area contributed by atoms with E-state index in [-0.39, 0.29) is 5.60 Å². The van der Waals surface area contributed by atoms with Crippen LogP contribution in [0.2, 0.25) is 0 Å². The third-order valence-electron chi connectivity index (χ3n) is 4.40. The highest BCUT2D eigenvalue weighted by molar-refractivity contribution is 5.11. The number of furan rings is 1. The Morgan fingerprint density at radius 1 is 1.61 bits per heavy atom. The second-order valence-electron chi connectivity index (χ2n) is 5.65. The molecule has 18 heavy (non-hydrogen) atoms. The van der Waals surface area contributed by atoms with Crippen LogP contribution < -0.4 is 5.32 Å². The quantitative estimate of drug-likeness (QED) is 0.873. The first kappa shape index (κ1) is 13.6. The molecule has 0 bridgehead atoms. The van der Waals surface area contributed by atoms with Gasteiger partial charge in [0.25, 0.3) is 0 Å². The molecule has 1 aromatic heterocycles. The van der Waals surface area contributed by atoms with Crippen molar-refractivity contribution in [3.8, 4) is 0 Å². The number of ether oxygens (including phenoxy) is 1. The summed E-state index contributed by atoms with van der Waals surface area (Å²) in [6.07, 6.45) is 9.43. The van der Waals surface area contributed by atoms with Crippen molar-refractivity contribution in [3.63, 3.8) is 0 Å². The van der Waals surface area contributed by atoms with Crippen molar-refractivity contribution in [2.24, 2.45) is 5.92 Å². The van der Waals surface area contributed by atoms with Crippen molar-refractivity contribution >= 4 is 0 Å². The average Bonchev–Trinajstić information content (AvgIpc) is 2.88. The van der Waals surface area contributed by atoms with Crippen LogP contribution in [-0.2, 0) is 11.2 Å². The van der Waals surface area contributed by atoms with Crippen molar-refractivity contribution in [2.75, 3.05) is 14.2 Å². The van der Waals surface area contributed by atoms with Crippen LogP contribution in [0.25, 0.3) is 0 Å². The lowest BCUT2D eigenvalue weighted by Crippen LogP contribution is -2.54. The Morgan fingerprint density at radius 2 is 2.44 bits per heavy atom. The summed E-state index contributed by atoms with van der Waals surface area (Å²) in [4.78, 5) is 0. The molecular formula is C15H25NO2. The van der Waals surface area contributed by atoms with Crippen LogP contribution in [0.15, 0.2) is 23.0 Å². The Morgan fingerprint density at radius 3 is 3.00 bits per heavy atom. The van der Waals surface area contributed by atoms with Gasteiger partial charge in [0.2, 0.25) is 0 Å². The SMILES string of the molecule is CNC(Cc1ccoc1)C1(OC)CCCC(C)C1. The predicted octanol–water partition coefficient (Wildman–Crippen LogP) is 3.01. The van der Waals surface area contributed by atoms with Crippen LogP contribution in [0, 0.1) is 5.92 Å². The average molecular weight is 251 g/mol. The maximum Gasteiger partial charge on any atom is 0.0935 e. The minimum absolute atomic E-state index is 0.0241. The summed E-state index contributed by atoms with van der Waals surface area (Å²) in [6, 6.07) is 2.39. The van der Waals surface area contributed by atoms with Crippen molar-refractivity contribution in [3.05, 3.63) is 24.2 Å². The Balaban J connectivity index is 2.12. The molecule has 1 fully saturated rings. The van der Waals surface area contributed by atoms with Gasteiger partial charge in [0.15, 0.2) is 0 Å². The fraction of sp³-hybridized carbons (Fsp3) is 0.733. The van der Waals surface area contributed by atoms with Crippen molar-refractivity contribution in [1.82, 2.24) is 5.32 Å².